The van der Waals surface area contributed by atoms with Gasteiger partial charge in [0, 0.05) is 19.1 Å². The molecule has 3 heteroatoms. The van der Waals surface area contributed by atoms with Crippen LogP contribution < -0.4 is 0 Å². The Kier molecular flexibility index (Phi) is 5.00. The van der Waals surface area contributed by atoms with E-state index in [0.717, 1.165) is 13.1 Å². The highest BCUT2D eigenvalue weighted by molar-refractivity contribution is 4.94. The van der Waals surface area contributed by atoms with Gasteiger partial charge in [-0.3, -0.25) is 4.90 Å². The van der Waals surface area contributed by atoms with Gasteiger partial charge in [0.2, 0.25) is 0 Å². The van der Waals surface area contributed by atoms with Crippen molar-refractivity contribution in [3.05, 3.63) is 0 Å². The Hall–Kier alpha value is -0.120. The van der Waals surface area contributed by atoms with Crippen LogP contribution in [0.5, 0.6) is 0 Å². The van der Waals surface area contributed by atoms with Crippen molar-refractivity contribution in [2.75, 3.05) is 19.7 Å². The second kappa shape index (κ2) is 6.76. The Morgan fingerprint density at radius 1 is 0.950 bits per heavy atom. The molecule has 1 spiro atoms. The molecular weight excluding hydrogens is 250 g/mol. The molecule has 116 valence electrons. The first-order chi connectivity index (χ1) is 9.81. The molecule has 0 aromatic carbocycles. The quantitative estimate of drug-likeness (QED) is 0.840. The first-order valence-electron chi connectivity index (χ1n) is 8.84. The largest absolute Gasteiger partial charge is 0.395 e. The summed E-state index contributed by atoms with van der Waals surface area (Å²) in [4.78, 5) is 2.53. The van der Waals surface area contributed by atoms with Gasteiger partial charge in [0.25, 0.3) is 0 Å². The van der Waals surface area contributed by atoms with Crippen molar-refractivity contribution in [2.45, 2.75) is 88.4 Å². The fourth-order valence-corrected chi connectivity index (χ4v) is 4.67. The molecule has 0 aromatic rings. The highest BCUT2D eigenvalue weighted by Gasteiger charge is 2.42. The van der Waals surface area contributed by atoms with Gasteiger partial charge in [-0.25, -0.2) is 0 Å². The Balaban J connectivity index is 1.53. The summed E-state index contributed by atoms with van der Waals surface area (Å²) in [5.74, 6) is 0. The van der Waals surface area contributed by atoms with Crippen LogP contribution >= 0.6 is 0 Å². The van der Waals surface area contributed by atoms with E-state index in [1.165, 1.54) is 70.6 Å². The van der Waals surface area contributed by atoms with E-state index in [0.29, 0.717) is 12.1 Å². The monoisotopic (exact) mass is 281 g/mol. The van der Waals surface area contributed by atoms with E-state index in [4.69, 9.17) is 4.74 Å². The summed E-state index contributed by atoms with van der Waals surface area (Å²) in [6.45, 7) is 2.17. The normalized spacial score (nSPS) is 30.6. The summed E-state index contributed by atoms with van der Waals surface area (Å²) in [6, 6.07) is 0.694. The van der Waals surface area contributed by atoms with Gasteiger partial charge in [-0.05, 0) is 38.5 Å². The van der Waals surface area contributed by atoms with Crippen LogP contribution in [0.15, 0.2) is 0 Å². The SMILES string of the molecule is OCCN(CC1CCC2(CCCC2)O1)C1CCCCC1. The lowest BCUT2D eigenvalue weighted by molar-refractivity contribution is -0.0542. The van der Waals surface area contributed by atoms with Gasteiger partial charge in [-0.2, -0.15) is 0 Å². The van der Waals surface area contributed by atoms with Crippen molar-refractivity contribution >= 4 is 0 Å². The topological polar surface area (TPSA) is 32.7 Å². The number of hydrogen-bond donors (Lipinski definition) is 1. The minimum Gasteiger partial charge on any atom is -0.395 e. The van der Waals surface area contributed by atoms with Crippen LogP contribution in [0.2, 0.25) is 0 Å². The van der Waals surface area contributed by atoms with Gasteiger partial charge in [-0.1, -0.05) is 32.1 Å². The third kappa shape index (κ3) is 3.37. The molecule has 1 saturated heterocycles. The molecule has 0 bridgehead atoms. The van der Waals surface area contributed by atoms with E-state index in [2.05, 4.69) is 4.90 Å². The summed E-state index contributed by atoms with van der Waals surface area (Å²) in [7, 11) is 0. The van der Waals surface area contributed by atoms with Gasteiger partial charge >= 0.3 is 0 Å². The predicted octanol–water partition coefficient (Wildman–Crippen LogP) is 3.11. The predicted molar refractivity (Wildman–Crippen MR) is 80.8 cm³/mol. The first-order valence-corrected chi connectivity index (χ1v) is 8.84. The van der Waals surface area contributed by atoms with Crippen LogP contribution in [0, 0.1) is 0 Å². The van der Waals surface area contributed by atoms with Gasteiger partial charge in [-0.15, -0.1) is 0 Å². The summed E-state index contributed by atoms with van der Waals surface area (Å²) >= 11 is 0. The van der Waals surface area contributed by atoms with Crippen molar-refractivity contribution in [3.63, 3.8) is 0 Å². The van der Waals surface area contributed by atoms with Crippen LogP contribution in [0.3, 0.4) is 0 Å². The molecule has 2 aliphatic carbocycles. The van der Waals surface area contributed by atoms with Gasteiger partial charge < -0.3 is 9.84 Å². The first kappa shape index (κ1) is 14.8. The summed E-state index contributed by atoms with van der Waals surface area (Å²) in [5.41, 5.74) is 0.252. The van der Waals surface area contributed by atoms with E-state index < -0.39 is 0 Å². The minimum absolute atomic E-state index is 0.252. The highest BCUT2D eigenvalue weighted by Crippen LogP contribution is 2.43. The number of rotatable bonds is 5. The number of nitrogens with zero attached hydrogens (tertiary/aromatic N) is 1. The molecule has 3 fully saturated rings. The molecule has 0 radical (unpaired) electrons. The Bertz CT molecular complexity index is 295. The van der Waals surface area contributed by atoms with Crippen molar-refractivity contribution < 1.29 is 9.84 Å². The standard InChI is InChI=1S/C17H31NO2/c19-13-12-18(15-6-2-1-3-7-15)14-16-8-11-17(20-16)9-4-5-10-17/h15-16,19H,1-14H2. The lowest BCUT2D eigenvalue weighted by Crippen LogP contribution is -2.43. The maximum Gasteiger partial charge on any atom is 0.0710 e. The molecule has 1 N–H and O–H groups in total. The number of hydrogen-bond acceptors (Lipinski definition) is 3. The second-order valence-corrected chi connectivity index (χ2v) is 7.18. The zero-order chi connectivity index (χ0) is 13.8. The average Bonchev–Trinajstić information content (AvgIpc) is 3.10. The van der Waals surface area contributed by atoms with E-state index >= 15 is 0 Å². The van der Waals surface area contributed by atoms with Crippen molar-refractivity contribution in [1.82, 2.24) is 4.90 Å². The van der Waals surface area contributed by atoms with Crippen LogP contribution in [0.25, 0.3) is 0 Å². The fourth-order valence-electron chi connectivity index (χ4n) is 4.67. The molecule has 1 aliphatic heterocycles. The maximum absolute atomic E-state index is 9.36. The Morgan fingerprint density at radius 3 is 2.40 bits per heavy atom. The Morgan fingerprint density at radius 2 is 1.70 bits per heavy atom. The molecule has 1 atom stereocenters. The molecule has 0 aromatic heterocycles. The van der Waals surface area contributed by atoms with E-state index in [-0.39, 0.29) is 12.2 Å². The van der Waals surface area contributed by atoms with Crippen molar-refractivity contribution in [3.8, 4) is 0 Å². The zero-order valence-electron chi connectivity index (χ0n) is 12.9. The molecule has 20 heavy (non-hydrogen) atoms. The van der Waals surface area contributed by atoms with Crippen LogP contribution in [-0.2, 0) is 4.74 Å². The van der Waals surface area contributed by atoms with Crippen LogP contribution in [0.1, 0.15) is 70.6 Å². The van der Waals surface area contributed by atoms with Gasteiger partial charge in [0.05, 0.1) is 18.3 Å². The molecule has 3 nitrogen and oxygen atoms in total. The third-order valence-electron chi connectivity index (χ3n) is 5.77. The van der Waals surface area contributed by atoms with E-state index in [9.17, 15) is 5.11 Å². The average molecular weight is 281 g/mol. The van der Waals surface area contributed by atoms with Crippen LogP contribution in [0.4, 0.5) is 0 Å². The van der Waals surface area contributed by atoms with E-state index in [1.807, 2.05) is 0 Å². The van der Waals surface area contributed by atoms with E-state index in [1.54, 1.807) is 0 Å². The summed E-state index contributed by atoms with van der Waals surface area (Å²) < 4.78 is 6.45. The molecule has 0 amide bonds. The molecule has 1 unspecified atom stereocenters. The molecular formula is C17H31NO2. The molecule has 3 rings (SSSR count). The molecule has 1 heterocycles. The van der Waals surface area contributed by atoms with Gasteiger partial charge in [0.15, 0.2) is 0 Å². The molecule has 2 saturated carbocycles. The Labute approximate surface area is 123 Å². The number of ether oxygens (including phenoxy) is 1. The number of aliphatic hydroxyl groups excluding tert-OH is 1. The smallest absolute Gasteiger partial charge is 0.0710 e. The minimum atomic E-state index is 0.252. The lowest BCUT2D eigenvalue weighted by atomic mass is 9.93. The lowest BCUT2D eigenvalue weighted by Gasteiger charge is -2.36. The molecule has 3 aliphatic rings. The van der Waals surface area contributed by atoms with Crippen molar-refractivity contribution in [2.24, 2.45) is 0 Å². The fraction of sp³-hybridized carbons (Fsp3) is 1.00. The highest BCUT2D eigenvalue weighted by atomic mass is 16.5. The summed E-state index contributed by atoms with van der Waals surface area (Å²) in [6.07, 6.45) is 15.0. The number of aliphatic hydroxyl groups is 1. The van der Waals surface area contributed by atoms with Gasteiger partial charge in [0.1, 0.15) is 0 Å². The summed E-state index contributed by atoms with van der Waals surface area (Å²) in [5, 5.41) is 9.36. The third-order valence-corrected chi connectivity index (χ3v) is 5.77. The van der Waals surface area contributed by atoms with Crippen LogP contribution in [-0.4, -0.2) is 47.4 Å². The van der Waals surface area contributed by atoms with Crippen molar-refractivity contribution in [1.29, 1.82) is 0 Å². The maximum atomic E-state index is 9.36. The second-order valence-electron chi connectivity index (χ2n) is 7.18. The zero-order valence-corrected chi connectivity index (χ0v) is 12.9.